The van der Waals surface area contributed by atoms with Crippen LogP contribution in [0.1, 0.15) is 40.7 Å². The number of nitrogens with zero attached hydrogens (tertiary/aromatic N) is 1. The zero-order valence-electron chi connectivity index (χ0n) is 17.9. The summed E-state index contributed by atoms with van der Waals surface area (Å²) in [5.74, 6) is 0.351. The van der Waals surface area contributed by atoms with Gasteiger partial charge in [-0.05, 0) is 48.4 Å². The molecule has 3 aromatic carbocycles. The molecule has 6 nitrogen and oxygen atoms in total. The van der Waals surface area contributed by atoms with E-state index in [9.17, 15) is 10.1 Å². The van der Waals surface area contributed by atoms with E-state index in [1.807, 2.05) is 25.1 Å². The summed E-state index contributed by atoms with van der Waals surface area (Å²) in [5, 5.41) is 10.2. The second kappa shape index (κ2) is 9.68. The fourth-order valence-corrected chi connectivity index (χ4v) is 3.85. The Morgan fingerprint density at radius 3 is 2.52 bits per heavy atom. The third-order valence-electron chi connectivity index (χ3n) is 5.18. The van der Waals surface area contributed by atoms with Crippen molar-refractivity contribution in [2.75, 3.05) is 6.61 Å². The van der Waals surface area contributed by atoms with Gasteiger partial charge in [-0.25, -0.2) is 4.79 Å². The summed E-state index contributed by atoms with van der Waals surface area (Å²) in [6.45, 7) is 2.63. The smallest absolute Gasteiger partial charge is 0.343 e. The van der Waals surface area contributed by atoms with Crippen molar-refractivity contribution in [1.29, 1.82) is 5.26 Å². The number of nitriles is 1. The molecule has 0 bridgehead atoms. The molecule has 1 heterocycles. The van der Waals surface area contributed by atoms with Gasteiger partial charge in [-0.2, -0.15) is 5.26 Å². The normalized spacial score (nSPS) is 14.6. The molecule has 2 N–H and O–H groups in total. The van der Waals surface area contributed by atoms with E-state index in [0.717, 1.165) is 12.0 Å². The first-order chi connectivity index (χ1) is 16.0. The Balaban J connectivity index is 1.60. The Bertz CT molecular complexity index is 1260. The number of nitrogens with two attached hydrogens (primary N) is 1. The molecule has 0 aliphatic carbocycles. The molecule has 1 unspecified atom stereocenters. The highest BCUT2D eigenvalue weighted by Crippen LogP contribution is 2.45. The van der Waals surface area contributed by atoms with Crippen LogP contribution in [0.3, 0.4) is 0 Å². The van der Waals surface area contributed by atoms with Crippen LogP contribution in [0.15, 0.2) is 78.2 Å². The van der Waals surface area contributed by atoms with E-state index in [4.69, 9.17) is 31.5 Å². The van der Waals surface area contributed by atoms with Gasteiger partial charge in [0.1, 0.15) is 28.9 Å². The Morgan fingerprint density at radius 2 is 1.82 bits per heavy atom. The Morgan fingerprint density at radius 1 is 1.09 bits per heavy atom. The van der Waals surface area contributed by atoms with Crippen molar-refractivity contribution in [3.63, 3.8) is 0 Å². The third kappa shape index (κ3) is 4.64. The lowest BCUT2D eigenvalue weighted by atomic mass is 9.83. The quantitative estimate of drug-likeness (QED) is 0.382. The van der Waals surface area contributed by atoms with E-state index in [-0.39, 0.29) is 17.2 Å². The number of carbonyl (C=O) groups is 1. The molecule has 1 aliphatic rings. The van der Waals surface area contributed by atoms with Gasteiger partial charge in [0.05, 0.1) is 18.1 Å². The van der Waals surface area contributed by atoms with Crippen molar-refractivity contribution in [2.45, 2.75) is 19.3 Å². The topological polar surface area (TPSA) is 94.6 Å². The summed E-state index contributed by atoms with van der Waals surface area (Å²) in [6, 6.07) is 21.1. The van der Waals surface area contributed by atoms with Crippen LogP contribution in [0.4, 0.5) is 0 Å². The monoisotopic (exact) mass is 460 g/mol. The Hall–Kier alpha value is -3.95. The summed E-state index contributed by atoms with van der Waals surface area (Å²) in [6.07, 6.45) is 0.900. The van der Waals surface area contributed by atoms with Crippen molar-refractivity contribution in [2.24, 2.45) is 5.73 Å². The first-order valence-electron chi connectivity index (χ1n) is 10.4. The summed E-state index contributed by atoms with van der Waals surface area (Å²) in [7, 11) is 0. The molecule has 1 aliphatic heterocycles. The minimum Gasteiger partial charge on any atom is -0.494 e. The van der Waals surface area contributed by atoms with Crippen molar-refractivity contribution in [3.05, 3.63) is 99.9 Å². The van der Waals surface area contributed by atoms with Gasteiger partial charge < -0.3 is 19.9 Å². The van der Waals surface area contributed by atoms with Crippen molar-refractivity contribution >= 4 is 17.6 Å². The molecular weight excluding hydrogens is 440 g/mol. The maximum Gasteiger partial charge on any atom is 0.343 e. The van der Waals surface area contributed by atoms with Gasteiger partial charge >= 0.3 is 5.97 Å². The number of allylic oxidation sites excluding steroid dienone is 1. The fraction of sp³-hybridized carbons (Fsp3) is 0.154. The Kier molecular flexibility index (Phi) is 6.53. The van der Waals surface area contributed by atoms with Crippen LogP contribution in [0.5, 0.6) is 17.2 Å². The summed E-state index contributed by atoms with van der Waals surface area (Å²) < 4.78 is 16.8. The number of rotatable bonds is 6. The number of benzene rings is 3. The van der Waals surface area contributed by atoms with E-state index < -0.39 is 11.9 Å². The second-order valence-corrected chi connectivity index (χ2v) is 7.82. The molecule has 1 atom stereocenters. The lowest BCUT2D eigenvalue weighted by Gasteiger charge is -2.27. The van der Waals surface area contributed by atoms with Crippen molar-refractivity contribution < 1.29 is 19.0 Å². The lowest BCUT2D eigenvalue weighted by molar-refractivity contribution is 0.0734. The largest absolute Gasteiger partial charge is 0.494 e. The number of hydrogen-bond donors (Lipinski definition) is 1. The van der Waals surface area contributed by atoms with Crippen molar-refractivity contribution in [1.82, 2.24) is 0 Å². The molecule has 0 fully saturated rings. The summed E-state index contributed by atoms with van der Waals surface area (Å²) >= 11 is 6.41. The van der Waals surface area contributed by atoms with Gasteiger partial charge in [0.2, 0.25) is 5.88 Å². The van der Waals surface area contributed by atoms with Gasteiger partial charge in [-0.3, -0.25) is 0 Å². The van der Waals surface area contributed by atoms with E-state index in [0.29, 0.717) is 34.3 Å². The molecule has 0 radical (unpaired) electrons. The minimum atomic E-state index is -0.517. The molecule has 0 spiro atoms. The van der Waals surface area contributed by atoms with Gasteiger partial charge in [-0.15, -0.1) is 0 Å². The highest BCUT2D eigenvalue weighted by molar-refractivity contribution is 6.31. The van der Waals surface area contributed by atoms with Crippen LogP contribution in [0.25, 0.3) is 0 Å². The molecule has 0 amide bonds. The molecule has 0 saturated carbocycles. The average Bonchev–Trinajstić information content (AvgIpc) is 2.82. The predicted molar refractivity (Wildman–Crippen MR) is 124 cm³/mol. The fourth-order valence-electron chi connectivity index (χ4n) is 3.60. The minimum absolute atomic E-state index is 0.0129. The highest BCUT2D eigenvalue weighted by Gasteiger charge is 2.32. The number of halogens is 1. The first-order valence-corrected chi connectivity index (χ1v) is 10.8. The zero-order valence-corrected chi connectivity index (χ0v) is 18.6. The van der Waals surface area contributed by atoms with Crippen LogP contribution in [-0.2, 0) is 0 Å². The van der Waals surface area contributed by atoms with Gasteiger partial charge in [0.25, 0.3) is 0 Å². The van der Waals surface area contributed by atoms with Gasteiger partial charge in [0.15, 0.2) is 0 Å². The first kappa shape index (κ1) is 22.3. The molecule has 3 aromatic rings. The summed E-state index contributed by atoms with van der Waals surface area (Å²) in [5.41, 5.74) is 8.14. The van der Waals surface area contributed by atoms with E-state index in [2.05, 4.69) is 6.07 Å². The van der Waals surface area contributed by atoms with Crippen LogP contribution in [-0.4, -0.2) is 12.6 Å². The van der Waals surface area contributed by atoms with Crippen LogP contribution in [0.2, 0.25) is 5.02 Å². The maximum atomic E-state index is 12.6. The van der Waals surface area contributed by atoms with Gasteiger partial charge in [-0.1, -0.05) is 42.8 Å². The van der Waals surface area contributed by atoms with Gasteiger partial charge in [0, 0.05) is 16.7 Å². The number of ether oxygens (including phenoxy) is 3. The predicted octanol–water partition coefficient (Wildman–Crippen LogP) is 5.57. The molecule has 4 rings (SSSR count). The zero-order chi connectivity index (χ0) is 23.4. The standard InChI is InChI=1S/C26H21ClN2O4/c1-2-13-31-17-9-7-16(8-10-17)26(30)32-18-11-12-20-23(14-18)33-25(29)21(15-28)24(20)19-5-3-4-6-22(19)27/h3-12,14,24H,2,13,29H2,1H3. The van der Waals surface area contributed by atoms with E-state index in [1.54, 1.807) is 48.5 Å². The third-order valence-corrected chi connectivity index (χ3v) is 5.52. The molecule has 0 saturated heterocycles. The maximum absolute atomic E-state index is 12.6. The average molecular weight is 461 g/mol. The lowest BCUT2D eigenvalue weighted by Crippen LogP contribution is -2.21. The SMILES string of the molecule is CCCOc1ccc(C(=O)Oc2ccc3c(c2)OC(N)=C(C#N)C3c2ccccc2Cl)cc1. The van der Waals surface area contributed by atoms with E-state index >= 15 is 0 Å². The number of esters is 1. The molecule has 0 aromatic heterocycles. The second-order valence-electron chi connectivity index (χ2n) is 7.41. The summed E-state index contributed by atoms with van der Waals surface area (Å²) in [4.78, 5) is 12.6. The number of carbonyl (C=O) groups excluding carboxylic acids is 1. The van der Waals surface area contributed by atoms with Crippen molar-refractivity contribution in [3.8, 4) is 23.3 Å². The van der Waals surface area contributed by atoms with Crippen LogP contribution >= 0.6 is 11.6 Å². The van der Waals surface area contributed by atoms with E-state index in [1.165, 1.54) is 0 Å². The van der Waals surface area contributed by atoms with Crippen LogP contribution < -0.4 is 19.9 Å². The highest BCUT2D eigenvalue weighted by atomic mass is 35.5. The molecule has 33 heavy (non-hydrogen) atoms. The molecule has 166 valence electrons. The van der Waals surface area contributed by atoms with Crippen LogP contribution in [0, 0.1) is 11.3 Å². The Labute approximate surface area is 196 Å². The number of hydrogen-bond acceptors (Lipinski definition) is 6. The molecular formula is C26H21ClN2O4. The molecule has 7 heteroatoms. The number of fused-ring (bicyclic) bond motifs is 1.